The summed E-state index contributed by atoms with van der Waals surface area (Å²) in [6.45, 7) is 0. The summed E-state index contributed by atoms with van der Waals surface area (Å²) in [5.74, 6) is -1.04. The molecule has 0 saturated carbocycles. The van der Waals surface area contributed by atoms with Gasteiger partial charge in [-0.15, -0.1) is 0 Å². The molecule has 1 aliphatic rings. The molecule has 6 nitrogen and oxygen atoms in total. The SMILES string of the molecule is N#Cc1cc(C2=NOC(c3cc(Cl)c(F)c(Cl)c3)(C(F)(F)F)C2)ccc1-n1cncn1. The molecule has 0 bridgehead atoms. The van der Waals surface area contributed by atoms with E-state index in [0.29, 0.717) is 5.69 Å². The van der Waals surface area contributed by atoms with Crippen LogP contribution in [0.2, 0.25) is 10.0 Å². The summed E-state index contributed by atoms with van der Waals surface area (Å²) in [4.78, 5) is 8.70. The van der Waals surface area contributed by atoms with E-state index in [-0.39, 0.29) is 16.8 Å². The van der Waals surface area contributed by atoms with Gasteiger partial charge in [0.05, 0.1) is 27.0 Å². The molecule has 12 heteroatoms. The standard InChI is InChI=1S/C19H9Cl2F4N5O/c20-13-4-12(5-14(21)17(13)22)18(19(23,24)25)6-15(29-31-18)10-1-2-16(11(3-10)7-26)30-9-27-8-28-30/h1-5,8-9H,6H2. The van der Waals surface area contributed by atoms with Crippen LogP contribution in [-0.4, -0.2) is 26.7 Å². The van der Waals surface area contributed by atoms with Gasteiger partial charge in [-0.25, -0.2) is 14.1 Å². The van der Waals surface area contributed by atoms with E-state index in [1.165, 1.54) is 35.5 Å². The van der Waals surface area contributed by atoms with Crippen LogP contribution in [0.15, 0.2) is 48.1 Å². The molecule has 0 N–H and O–H groups in total. The number of oxime groups is 1. The lowest BCUT2D eigenvalue weighted by atomic mass is 9.86. The fourth-order valence-corrected chi connectivity index (χ4v) is 3.67. The molecular formula is C19H9Cl2F4N5O. The molecule has 0 amide bonds. The Morgan fingerprint density at radius 1 is 1.16 bits per heavy atom. The second kappa shape index (κ2) is 7.51. The van der Waals surface area contributed by atoms with Crippen molar-refractivity contribution in [1.82, 2.24) is 14.8 Å². The van der Waals surface area contributed by atoms with Gasteiger partial charge in [0, 0.05) is 17.5 Å². The summed E-state index contributed by atoms with van der Waals surface area (Å²) in [5.41, 5.74) is -2.69. The molecule has 0 spiro atoms. The van der Waals surface area contributed by atoms with Gasteiger partial charge in [0.1, 0.15) is 18.7 Å². The molecule has 0 radical (unpaired) electrons. The second-order valence-electron chi connectivity index (χ2n) is 6.57. The third-order valence-electron chi connectivity index (χ3n) is 4.75. The summed E-state index contributed by atoms with van der Waals surface area (Å²) < 4.78 is 57.4. The third-order valence-corrected chi connectivity index (χ3v) is 5.30. The van der Waals surface area contributed by atoms with Gasteiger partial charge in [-0.2, -0.15) is 23.5 Å². The largest absolute Gasteiger partial charge is 0.435 e. The molecule has 2 aromatic carbocycles. The number of aromatic nitrogens is 3. The Balaban J connectivity index is 1.75. The average Bonchev–Trinajstić information content (AvgIpc) is 3.41. The summed E-state index contributed by atoms with van der Waals surface area (Å²) in [7, 11) is 0. The highest BCUT2D eigenvalue weighted by molar-refractivity contribution is 6.35. The van der Waals surface area contributed by atoms with Gasteiger partial charge in [0.25, 0.3) is 5.60 Å². The first-order valence-corrected chi connectivity index (χ1v) is 9.28. The number of hydrogen-bond donors (Lipinski definition) is 0. The van der Waals surface area contributed by atoms with Crippen molar-refractivity contribution in [2.75, 3.05) is 0 Å². The van der Waals surface area contributed by atoms with Crippen LogP contribution in [0, 0.1) is 17.1 Å². The van der Waals surface area contributed by atoms with Gasteiger partial charge in [-0.3, -0.25) is 0 Å². The first-order valence-electron chi connectivity index (χ1n) is 8.52. The van der Waals surface area contributed by atoms with E-state index in [9.17, 15) is 22.8 Å². The van der Waals surface area contributed by atoms with Gasteiger partial charge in [0.15, 0.2) is 5.82 Å². The maximum absolute atomic E-state index is 14.1. The highest BCUT2D eigenvalue weighted by Gasteiger charge is 2.62. The number of hydrogen-bond acceptors (Lipinski definition) is 5. The fourth-order valence-electron chi connectivity index (χ4n) is 3.18. The maximum Gasteiger partial charge on any atom is 0.435 e. The molecule has 3 aromatic rings. The maximum atomic E-state index is 14.1. The van der Waals surface area contributed by atoms with Crippen LogP contribution in [0.4, 0.5) is 17.6 Å². The molecule has 1 aromatic heterocycles. The highest BCUT2D eigenvalue weighted by atomic mass is 35.5. The number of alkyl halides is 3. The molecule has 1 aliphatic heterocycles. The molecule has 2 heterocycles. The van der Waals surface area contributed by atoms with Crippen LogP contribution in [0.3, 0.4) is 0 Å². The third kappa shape index (κ3) is 3.49. The van der Waals surface area contributed by atoms with Crippen LogP contribution in [0.5, 0.6) is 0 Å². The smallest absolute Gasteiger partial charge is 0.374 e. The number of benzene rings is 2. The summed E-state index contributed by atoms with van der Waals surface area (Å²) >= 11 is 11.4. The van der Waals surface area contributed by atoms with Gasteiger partial charge in [0.2, 0.25) is 0 Å². The Morgan fingerprint density at radius 3 is 2.45 bits per heavy atom. The van der Waals surface area contributed by atoms with E-state index in [2.05, 4.69) is 15.2 Å². The fraction of sp³-hybridized carbons (Fsp3) is 0.158. The molecule has 0 aliphatic carbocycles. The lowest BCUT2D eigenvalue weighted by molar-refractivity contribution is -0.275. The lowest BCUT2D eigenvalue weighted by Gasteiger charge is -2.29. The topological polar surface area (TPSA) is 76.1 Å². The monoisotopic (exact) mass is 469 g/mol. The Hall–Kier alpha value is -3.16. The van der Waals surface area contributed by atoms with Crippen LogP contribution < -0.4 is 0 Å². The van der Waals surface area contributed by atoms with Gasteiger partial charge in [-0.05, 0) is 24.3 Å². The Labute approximate surface area is 182 Å². The van der Waals surface area contributed by atoms with Gasteiger partial charge in [-0.1, -0.05) is 34.4 Å². The van der Waals surface area contributed by atoms with E-state index >= 15 is 0 Å². The molecule has 0 saturated heterocycles. The number of halogens is 6. The molecule has 0 fully saturated rings. The van der Waals surface area contributed by atoms with Crippen molar-refractivity contribution < 1.29 is 22.4 Å². The predicted octanol–water partition coefficient (Wildman–Crippen LogP) is 5.17. The van der Waals surface area contributed by atoms with Crippen molar-refractivity contribution in [1.29, 1.82) is 5.26 Å². The highest BCUT2D eigenvalue weighted by Crippen LogP contribution is 2.50. The summed E-state index contributed by atoms with van der Waals surface area (Å²) in [6.07, 6.45) is -3.01. The van der Waals surface area contributed by atoms with Crippen molar-refractivity contribution in [2.24, 2.45) is 5.16 Å². The zero-order valence-electron chi connectivity index (χ0n) is 15.2. The Morgan fingerprint density at radius 2 is 1.87 bits per heavy atom. The minimum absolute atomic E-state index is 0.0597. The minimum atomic E-state index is -4.93. The van der Waals surface area contributed by atoms with Crippen LogP contribution in [0.25, 0.3) is 5.69 Å². The van der Waals surface area contributed by atoms with E-state index in [1.54, 1.807) is 0 Å². The average molecular weight is 470 g/mol. The molecule has 158 valence electrons. The van der Waals surface area contributed by atoms with Crippen LogP contribution >= 0.6 is 23.2 Å². The van der Waals surface area contributed by atoms with E-state index in [1.807, 2.05) is 6.07 Å². The van der Waals surface area contributed by atoms with E-state index in [4.69, 9.17) is 28.0 Å². The van der Waals surface area contributed by atoms with Gasteiger partial charge >= 0.3 is 6.18 Å². The Bertz CT molecular complexity index is 1210. The minimum Gasteiger partial charge on any atom is -0.374 e. The van der Waals surface area contributed by atoms with Gasteiger partial charge < -0.3 is 4.84 Å². The van der Waals surface area contributed by atoms with Crippen molar-refractivity contribution in [3.63, 3.8) is 0 Å². The van der Waals surface area contributed by atoms with Crippen molar-refractivity contribution >= 4 is 28.9 Å². The van der Waals surface area contributed by atoms with Crippen LogP contribution in [0.1, 0.15) is 23.1 Å². The Kier molecular flexibility index (Phi) is 5.11. The number of nitriles is 1. The first kappa shape index (κ1) is 21.1. The van der Waals surface area contributed by atoms with E-state index in [0.717, 1.165) is 12.1 Å². The predicted molar refractivity (Wildman–Crippen MR) is 102 cm³/mol. The number of nitrogens with zero attached hydrogens (tertiary/aromatic N) is 5. The molecule has 1 unspecified atom stereocenters. The normalized spacial score (nSPS) is 18.4. The molecule has 31 heavy (non-hydrogen) atoms. The van der Waals surface area contributed by atoms with Crippen LogP contribution in [-0.2, 0) is 10.4 Å². The van der Waals surface area contributed by atoms with Crippen molar-refractivity contribution in [3.05, 3.63) is 75.5 Å². The van der Waals surface area contributed by atoms with Crippen molar-refractivity contribution in [2.45, 2.75) is 18.2 Å². The number of rotatable bonds is 3. The molecular weight excluding hydrogens is 461 g/mol. The van der Waals surface area contributed by atoms with Crippen molar-refractivity contribution in [3.8, 4) is 11.8 Å². The second-order valence-corrected chi connectivity index (χ2v) is 7.38. The summed E-state index contributed by atoms with van der Waals surface area (Å²) in [6, 6.07) is 7.94. The zero-order chi connectivity index (χ0) is 22.4. The summed E-state index contributed by atoms with van der Waals surface area (Å²) in [5, 5.41) is 15.9. The quantitative estimate of drug-likeness (QED) is 0.391. The molecule has 1 atom stereocenters. The molecule has 4 rings (SSSR count). The van der Waals surface area contributed by atoms with E-state index < -0.39 is 39.6 Å². The lowest BCUT2D eigenvalue weighted by Crippen LogP contribution is -2.42. The first-order chi connectivity index (χ1) is 14.7. The zero-order valence-corrected chi connectivity index (χ0v) is 16.7.